The monoisotopic (exact) mass is 186 g/mol. The summed E-state index contributed by atoms with van der Waals surface area (Å²) in [5, 5.41) is 8.92. The average Bonchev–Trinajstić information content (AvgIpc) is 2.13. The van der Waals surface area contributed by atoms with Gasteiger partial charge in [0.15, 0.2) is 11.6 Å². The van der Waals surface area contributed by atoms with Gasteiger partial charge in [0.25, 0.3) is 0 Å². The molecule has 13 heavy (non-hydrogen) atoms. The van der Waals surface area contributed by atoms with E-state index in [4.69, 9.17) is 5.11 Å². The molecule has 0 bridgehead atoms. The highest BCUT2D eigenvalue weighted by Gasteiger charge is 2.10. The number of rotatable bonds is 3. The fourth-order valence-electron chi connectivity index (χ4n) is 1.24. The first kappa shape index (κ1) is 10.1. The maximum absolute atomic E-state index is 12.8. The van der Waals surface area contributed by atoms with Crippen LogP contribution >= 0.6 is 0 Å². The topological polar surface area (TPSA) is 20.2 Å². The van der Waals surface area contributed by atoms with Crippen molar-refractivity contribution in [2.24, 2.45) is 0 Å². The molecule has 0 spiro atoms. The molecule has 0 amide bonds. The molecule has 1 nitrogen and oxygen atoms in total. The van der Waals surface area contributed by atoms with Gasteiger partial charge in [0.2, 0.25) is 0 Å². The summed E-state index contributed by atoms with van der Waals surface area (Å²) in [5.74, 6) is -1.81. The predicted molar refractivity (Wildman–Crippen MR) is 46.5 cm³/mol. The molecule has 0 heterocycles. The minimum absolute atomic E-state index is 0.0401. The third-order valence-corrected chi connectivity index (χ3v) is 2.13. The second-order valence-corrected chi connectivity index (χ2v) is 2.96. The van der Waals surface area contributed by atoms with Crippen LogP contribution in [-0.4, -0.2) is 11.7 Å². The molecule has 1 aromatic carbocycles. The largest absolute Gasteiger partial charge is 0.396 e. The van der Waals surface area contributed by atoms with Gasteiger partial charge in [0.05, 0.1) is 0 Å². The Morgan fingerprint density at radius 1 is 1.31 bits per heavy atom. The highest BCUT2D eigenvalue weighted by atomic mass is 19.2. The lowest BCUT2D eigenvalue weighted by molar-refractivity contribution is 0.262. The van der Waals surface area contributed by atoms with E-state index in [1.54, 1.807) is 0 Å². The van der Waals surface area contributed by atoms with Crippen LogP contribution in [0.25, 0.3) is 0 Å². The molecule has 0 aromatic heterocycles. The van der Waals surface area contributed by atoms with Crippen molar-refractivity contribution in [3.63, 3.8) is 0 Å². The summed E-state index contributed by atoms with van der Waals surface area (Å²) in [6, 6.07) is 3.73. The molecule has 0 saturated heterocycles. The normalized spacial score (nSPS) is 12.9. The van der Waals surface area contributed by atoms with Crippen LogP contribution in [0.2, 0.25) is 0 Å². The summed E-state index contributed by atoms with van der Waals surface area (Å²) in [6.45, 7) is 1.85. The van der Waals surface area contributed by atoms with E-state index < -0.39 is 11.6 Å². The summed E-state index contributed by atoms with van der Waals surface area (Å²) in [5.41, 5.74) is 0.643. The Balaban J connectivity index is 2.95. The first-order valence-electron chi connectivity index (χ1n) is 4.24. The van der Waals surface area contributed by atoms with Gasteiger partial charge in [-0.25, -0.2) is 8.78 Å². The van der Waals surface area contributed by atoms with Crippen molar-refractivity contribution in [3.05, 3.63) is 35.4 Å². The number of hydrogen-bond donors (Lipinski definition) is 1. The van der Waals surface area contributed by atoms with Crippen LogP contribution in [0.5, 0.6) is 0 Å². The van der Waals surface area contributed by atoms with Crippen molar-refractivity contribution in [2.75, 3.05) is 6.61 Å². The predicted octanol–water partition coefficient (Wildman–Crippen LogP) is 2.45. The fraction of sp³-hybridized carbons (Fsp3) is 0.400. The first-order valence-corrected chi connectivity index (χ1v) is 4.24. The summed E-state index contributed by atoms with van der Waals surface area (Å²) in [4.78, 5) is 0. The van der Waals surface area contributed by atoms with E-state index in [0.717, 1.165) is 12.1 Å². The van der Waals surface area contributed by atoms with Gasteiger partial charge in [-0.1, -0.05) is 13.0 Å². The lowest BCUT2D eigenvalue weighted by Crippen LogP contribution is -2.03. The second-order valence-electron chi connectivity index (χ2n) is 2.96. The van der Waals surface area contributed by atoms with E-state index >= 15 is 0 Å². The van der Waals surface area contributed by atoms with Gasteiger partial charge in [0, 0.05) is 12.5 Å². The minimum atomic E-state index is -0.857. The zero-order valence-corrected chi connectivity index (χ0v) is 7.43. The van der Waals surface area contributed by atoms with Gasteiger partial charge >= 0.3 is 0 Å². The zero-order valence-electron chi connectivity index (χ0n) is 7.43. The molecule has 1 atom stereocenters. The molecule has 0 fully saturated rings. The van der Waals surface area contributed by atoms with Gasteiger partial charge < -0.3 is 5.11 Å². The molecule has 0 aliphatic carbocycles. The first-order chi connectivity index (χ1) is 6.19. The Morgan fingerprint density at radius 2 is 2.00 bits per heavy atom. The fourth-order valence-corrected chi connectivity index (χ4v) is 1.24. The molecule has 3 heteroatoms. The maximum atomic E-state index is 12.8. The molecule has 1 unspecified atom stereocenters. The molecule has 0 radical (unpaired) electrons. The van der Waals surface area contributed by atoms with Crippen LogP contribution in [0.1, 0.15) is 24.8 Å². The molecule has 1 rings (SSSR count). The SMILES string of the molecule is CCC(CO)c1ccc(F)c(F)c1. The van der Waals surface area contributed by atoms with Crippen LogP contribution < -0.4 is 0 Å². The zero-order chi connectivity index (χ0) is 9.84. The lowest BCUT2D eigenvalue weighted by Gasteiger charge is -2.11. The standard InChI is InChI=1S/C10H12F2O/c1-2-7(6-13)8-3-4-9(11)10(12)5-8/h3-5,7,13H,2,6H2,1H3. The molecule has 72 valence electrons. The minimum Gasteiger partial charge on any atom is -0.396 e. The van der Waals surface area contributed by atoms with E-state index in [9.17, 15) is 8.78 Å². The van der Waals surface area contributed by atoms with Crippen LogP contribution in [0.15, 0.2) is 18.2 Å². The summed E-state index contributed by atoms with van der Waals surface area (Å²) in [7, 11) is 0. The molecule has 1 N–H and O–H groups in total. The highest BCUT2D eigenvalue weighted by Crippen LogP contribution is 2.20. The Bertz CT molecular complexity index is 282. The summed E-state index contributed by atoms with van der Waals surface area (Å²) >= 11 is 0. The van der Waals surface area contributed by atoms with Gasteiger partial charge in [-0.05, 0) is 24.1 Å². The van der Waals surface area contributed by atoms with Gasteiger partial charge in [-0.2, -0.15) is 0 Å². The number of hydrogen-bond acceptors (Lipinski definition) is 1. The van der Waals surface area contributed by atoms with E-state index in [0.29, 0.717) is 12.0 Å². The van der Waals surface area contributed by atoms with E-state index in [1.165, 1.54) is 6.07 Å². The molecule has 0 aliphatic heterocycles. The van der Waals surface area contributed by atoms with Crippen molar-refractivity contribution in [1.82, 2.24) is 0 Å². The van der Waals surface area contributed by atoms with Gasteiger partial charge in [-0.3, -0.25) is 0 Å². The van der Waals surface area contributed by atoms with E-state index in [1.807, 2.05) is 6.92 Å². The van der Waals surface area contributed by atoms with E-state index in [2.05, 4.69) is 0 Å². The molecule has 0 saturated carbocycles. The van der Waals surface area contributed by atoms with E-state index in [-0.39, 0.29) is 12.5 Å². The highest BCUT2D eigenvalue weighted by molar-refractivity contribution is 5.21. The van der Waals surface area contributed by atoms with Crippen LogP contribution in [0, 0.1) is 11.6 Å². The van der Waals surface area contributed by atoms with Crippen molar-refractivity contribution in [2.45, 2.75) is 19.3 Å². The molecular formula is C10H12F2O. The smallest absolute Gasteiger partial charge is 0.159 e. The number of aliphatic hydroxyl groups is 1. The van der Waals surface area contributed by atoms with Crippen LogP contribution in [0.4, 0.5) is 8.78 Å². The Labute approximate surface area is 76.0 Å². The van der Waals surface area contributed by atoms with Gasteiger partial charge in [0.1, 0.15) is 0 Å². The number of aliphatic hydroxyl groups excluding tert-OH is 1. The van der Waals surface area contributed by atoms with Gasteiger partial charge in [-0.15, -0.1) is 0 Å². The van der Waals surface area contributed by atoms with Crippen molar-refractivity contribution in [3.8, 4) is 0 Å². The maximum Gasteiger partial charge on any atom is 0.159 e. The molecule has 1 aromatic rings. The quantitative estimate of drug-likeness (QED) is 0.768. The Kier molecular flexibility index (Phi) is 3.37. The number of benzene rings is 1. The van der Waals surface area contributed by atoms with Crippen LogP contribution in [-0.2, 0) is 0 Å². The molecule has 0 aliphatic rings. The second kappa shape index (κ2) is 4.33. The Hall–Kier alpha value is -0.960. The third-order valence-electron chi connectivity index (χ3n) is 2.13. The van der Waals surface area contributed by atoms with Crippen molar-refractivity contribution < 1.29 is 13.9 Å². The summed E-state index contributed by atoms with van der Waals surface area (Å²) < 4.78 is 25.3. The lowest BCUT2D eigenvalue weighted by atomic mass is 9.97. The summed E-state index contributed by atoms with van der Waals surface area (Å²) in [6.07, 6.45) is 0.710. The van der Waals surface area contributed by atoms with Crippen molar-refractivity contribution in [1.29, 1.82) is 0 Å². The van der Waals surface area contributed by atoms with Crippen molar-refractivity contribution >= 4 is 0 Å². The van der Waals surface area contributed by atoms with Crippen LogP contribution in [0.3, 0.4) is 0 Å². The molecular weight excluding hydrogens is 174 g/mol. The Morgan fingerprint density at radius 3 is 2.46 bits per heavy atom. The third kappa shape index (κ3) is 2.25. The average molecular weight is 186 g/mol. The number of halogens is 2.